The summed E-state index contributed by atoms with van der Waals surface area (Å²) in [6, 6.07) is 11.6. The molecule has 6 nitrogen and oxygen atoms in total. The molecule has 0 radical (unpaired) electrons. The zero-order valence-corrected chi connectivity index (χ0v) is 17.6. The number of nitrogens with one attached hydrogen (secondary N) is 2. The Labute approximate surface area is 172 Å². The molecule has 29 heavy (non-hydrogen) atoms. The van der Waals surface area contributed by atoms with Crippen molar-refractivity contribution in [3.05, 3.63) is 53.1 Å². The van der Waals surface area contributed by atoms with E-state index in [-0.39, 0.29) is 24.8 Å². The molecule has 0 spiro atoms. The van der Waals surface area contributed by atoms with Gasteiger partial charge in [0.05, 0.1) is 20.8 Å². The predicted molar refractivity (Wildman–Crippen MR) is 115 cm³/mol. The number of methoxy groups -OCH3 is 2. The fraction of sp³-hybridized carbons (Fsp3) is 0.391. The molecule has 0 aliphatic heterocycles. The fourth-order valence-corrected chi connectivity index (χ4v) is 3.15. The standard InChI is InChI=1S/C23H30N2O4/c1-5-17-8-7-9-18(6-2)23(17)25-22(27)15-24-21(26)13-11-16-10-12-19(28-3)20(14-16)29-4/h7-10,12,14H,5-6,11,13,15H2,1-4H3,(H,24,26)(H,25,27). The van der Waals surface area contributed by atoms with Crippen LogP contribution in [0.5, 0.6) is 11.5 Å². The largest absolute Gasteiger partial charge is 0.493 e. The second kappa shape index (κ2) is 11.1. The molecule has 0 aliphatic carbocycles. The molecule has 0 heterocycles. The van der Waals surface area contributed by atoms with Gasteiger partial charge in [0.2, 0.25) is 11.8 Å². The van der Waals surface area contributed by atoms with Crippen LogP contribution in [0.3, 0.4) is 0 Å². The zero-order valence-electron chi connectivity index (χ0n) is 17.6. The lowest BCUT2D eigenvalue weighted by molar-refractivity contribution is -0.124. The molecule has 2 rings (SSSR count). The van der Waals surface area contributed by atoms with Crippen molar-refractivity contribution < 1.29 is 19.1 Å². The number of para-hydroxylation sites is 1. The number of ether oxygens (including phenoxy) is 2. The highest BCUT2D eigenvalue weighted by Gasteiger charge is 2.12. The van der Waals surface area contributed by atoms with E-state index in [1.165, 1.54) is 0 Å². The van der Waals surface area contributed by atoms with Crippen LogP contribution < -0.4 is 20.1 Å². The van der Waals surface area contributed by atoms with E-state index >= 15 is 0 Å². The molecule has 2 N–H and O–H groups in total. The molecule has 0 fully saturated rings. The van der Waals surface area contributed by atoms with Gasteiger partial charge in [-0.1, -0.05) is 38.1 Å². The van der Waals surface area contributed by atoms with E-state index in [0.29, 0.717) is 17.9 Å². The summed E-state index contributed by atoms with van der Waals surface area (Å²) in [6.45, 7) is 4.06. The van der Waals surface area contributed by atoms with Gasteiger partial charge < -0.3 is 20.1 Å². The first kappa shape index (κ1) is 22.3. The Hall–Kier alpha value is -3.02. The van der Waals surface area contributed by atoms with E-state index in [1.807, 2.05) is 36.4 Å². The number of amides is 2. The SMILES string of the molecule is CCc1cccc(CC)c1NC(=O)CNC(=O)CCc1ccc(OC)c(OC)c1. The van der Waals surface area contributed by atoms with Gasteiger partial charge in [0.25, 0.3) is 0 Å². The first-order chi connectivity index (χ1) is 14.0. The van der Waals surface area contributed by atoms with Gasteiger partial charge >= 0.3 is 0 Å². The summed E-state index contributed by atoms with van der Waals surface area (Å²) < 4.78 is 10.5. The molecule has 0 atom stereocenters. The van der Waals surface area contributed by atoms with Crippen molar-refractivity contribution in [3.8, 4) is 11.5 Å². The molecule has 2 aromatic carbocycles. The summed E-state index contributed by atoms with van der Waals surface area (Å²) >= 11 is 0. The van der Waals surface area contributed by atoms with Gasteiger partial charge in [0.15, 0.2) is 11.5 Å². The maximum Gasteiger partial charge on any atom is 0.243 e. The lowest BCUT2D eigenvalue weighted by Gasteiger charge is -2.14. The van der Waals surface area contributed by atoms with Gasteiger partial charge in [-0.15, -0.1) is 0 Å². The third-order valence-electron chi connectivity index (χ3n) is 4.80. The third kappa shape index (κ3) is 6.24. The maximum absolute atomic E-state index is 12.3. The van der Waals surface area contributed by atoms with Gasteiger partial charge in [-0.2, -0.15) is 0 Å². The van der Waals surface area contributed by atoms with Gasteiger partial charge in [-0.05, 0) is 48.1 Å². The number of carbonyl (C=O) groups is 2. The minimum atomic E-state index is -0.222. The Morgan fingerprint density at radius 2 is 1.55 bits per heavy atom. The van der Waals surface area contributed by atoms with Crippen LogP contribution in [-0.2, 0) is 28.9 Å². The van der Waals surface area contributed by atoms with Crippen LogP contribution in [0.4, 0.5) is 5.69 Å². The lowest BCUT2D eigenvalue weighted by Crippen LogP contribution is -2.33. The maximum atomic E-state index is 12.3. The van der Waals surface area contributed by atoms with Crippen LogP contribution >= 0.6 is 0 Å². The Bertz CT molecular complexity index is 827. The van der Waals surface area contributed by atoms with Crippen LogP contribution in [0.25, 0.3) is 0 Å². The Kier molecular flexibility index (Phi) is 8.52. The smallest absolute Gasteiger partial charge is 0.243 e. The number of hydrogen-bond acceptors (Lipinski definition) is 4. The Morgan fingerprint density at radius 1 is 0.897 bits per heavy atom. The van der Waals surface area contributed by atoms with Crippen molar-refractivity contribution in [2.24, 2.45) is 0 Å². The molecule has 0 saturated carbocycles. The van der Waals surface area contributed by atoms with Crippen molar-refractivity contribution in [2.75, 3.05) is 26.1 Å². The normalized spacial score (nSPS) is 10.3. The van der Waals surface area contributed by atoms with Gasteiger partial charge in [-0.25, -0.2) is 0 Å². The molecule has 2 aromatic rings. The molecule has 0 saturated heterocycles. The first-order valence-electron chi connectivity index (χ1n) is 9.90. The summed E-state index contributed by atoms with van der Waals surface area (Å²) in [6.07, 6.45) is 2.50. The Morgan fingerprint density at radius 3 is 2.14 bits per heavy atom. The monoisotopic (exact) mass is 398 g/mol. The molecular formula is C23H30N2O4. The summed E-state index contributed by atoms with van der Waals surface area (Å²) in [5, 5.41) is 5.65. The number of aryl methyl sites for hydroxylation is 3. The number of anilines is 1. The minimum Gasteiger partial charge on any atom is -0.493 e. The quantitative estimate of drug-likeness (QED) is 0.642. The molecule has 6 heteroatoms. The number of rotatable bonds is 10. The molecule has 156 valence electrons. The van der Waals surface area contributed by atoms with E-state index in [1.54, 1.807) is 14.2 Å². The van der Waals surface area contributed by atoms with E-state index in [2.05, 4.69) is 24.5 Å². The number of carbonyl (C=O) groups excluding carboxylic acids is 2. The summed E-state index contributed by atoms with van der Waals surface area (Å²) in [5.74, 6) is 0.886. The lowest BCUT2D eigenvalue weighted by atomic mass is 10.0. The van der Waals surface area contributed by atoms with Crippen LogP contribution in [-0.4, -0.2) is 32.6 Å². The summed E-state index contributed by atoms with van der Waals surface area (Å²) in [4.78, 5) is 24.5. The summed E-state index contributed by atoms with van der Waals surface area (Å²) in [7, 11) is 3.16. The Balaban J connectivity index is 1.86. The van der Waals surface area contributed by atoms with E-state index in [9.17, 15) is 9.59 Å². The van der Waals surface area contributed by atoms with Crippen LogP contribution in [0.1, 0.15) is 37.0 Å². The molecular weight excluding hydrogens is 368 g/mol. The van der Waals surface area contributed by atoms with E-state index in [0.717, 1.165) is 35.2 Å². The second-order valence-electron chi connectivity index (χ2n) is 6.67. The molecule has 0 bridgehead atoms. The predicted octanol–water partition coefficient (Wildman–Crippen LogP) is 3.52. The van der Waals surface area contributed by atoms with Crippen molar-refractivity contribution in [3.63, 3.8) is 0 Å². The highest BCUT2D eigenvalue weighted by Crippen LogP contribution is 2.28. The van der Waals surface area contributed by atoms with Crippen LogP contribution in [0.15, 0.2) is 36.4 Å². The van der Waals surface area contributed by atoms with Gasteiger partial charge in [-0.3, -0.25) is 9.59 Å². The zero-order chi connectivity index (χ0) is 21.2. The first-order valence-corrected chi connectivity index (χ1v) is 9.90. The van der Waals surface area contributed by atoms with Crippen molar-refractivity contribution in [1.29, 1.82) is 0 Å². The van der Waals surface area contributed by atoms with Gasteiger partial charge in [0, 0.05) is 12.1 Å². The third-order valence-corrected chi connectivity index (χ3v) is 4.80. The average Bonchev–Trinajstić information content (AvgIpc) is 2.75. The highest BCUT2D eigenvalue weighted by molar-refractivity contribution is 5.95. The van der Waals surface area contributed by atoms with Crippen molar-refractivity contribution >= 4 is 17.5 Å². The molecule has 0 aromatic heterocycles. The van der Waals surface area contributed by atoms with Crippen molar-refractivity contribution in [2.45, 2.75) is 39.5 Å². The van der Waals surface area contributed by atoms with Crippen LogP contribution in [0, 0.1) is 0 Å². The van der Waals surface area contributed by atoms with Crippen LogP contribution in [0.2, 0.25) is 0 Å². The molecule has 2 amide bonds. The average molecular weight is 399 g/mol. The topological polar surface area (TPSA) is 76.7 Å². The second-order valence-corrected chi connectivity index (χ2v) is 6.67. The highest BCUT2D eigenvalue weighted by atomic mass is 16.5. The van der Waals surface area contributed by atoms with E-state index in [4.69, 9.17) is 9.47 Å². The van der Waals surface area contributed by atoms with Crippen molar-refractivity contribution in [1.82, 2.24) is 5.32 Å². The summed E-state index contributed by atoms with van der Waals surface area (Å²) in [5.41, 5.74) is 4.02. The van der Waals surface area contributed by atoms with E-state index < -0.39 is 0 Å². The number of hydrogen-bond donors (Lipinski definition) is 2. The molecule has 0 unspecified atom stereocenters. The van der Waals surface area contributed by atoms with Gasteiger partial charge in [0.1, 0.15) is 0 Å². The number of benzene rings is 2. The fourth-order valence-electron chi connectivity index (χ4n) is 3.15. The molecule has 0 aliphatic rings. The minimum absolute atomic E-state index is 0.0496.